The maximum atomic E-state index is 11.4. The molecule has 47 heavy (non-hydrogen) atoms. The molecule has 2 aliphatic heterocycles. The van der Waals surface area contributed by atoms with E-state index in [0.29, 0.717) is 59.2 Å². The second-order valence-electron chi connectivity index (χ2n) is 17.3. The lowest BCUT2D eigenvalue weighted by Crippen LogP contribution is -2.52. The van der Waals surface area contributed by atoms with Gasteiger partial charge in [0, 0.05) is 12.1 Å². The fraction of sp³-hybridized carbons (Fsp3) is 0.721. The van der Waals surface area contributed by atoms with Crippen molar-refractivity contribution in [3.63, 3.8) is 0 Å². The summed E-state index contributed by atoms with van der Waals surface area (Å²) < 4.78 is 0. The molecule has 12 atom stereocenters. The van der Waals surface area contributed by atoms with E-state index in [1.165, 1.54) is 40.7 Å². The van der Waals surface area contributed by atoms with Gasteiger partial charge in [0.1, 0.15) is 0 Å². The van der Waals surface area contributed by atoms with Crippen molar-refractivity contribution in [2.75, 3.05) is 13.1 Å². The van der Waals surface area contributed by atoms with Gasteiger partial charge < -0.3 is 20.8 Å². The minimum atomic E-state index is -0.298. The highest BCUT2D eigenvalue weighted by molar-refractivity contribution is 5.74. The first kappa shape index (κ1) is 35.1. The molecule has 4 N–H and O–H groups in total. The first-order valence-corrected chi connectivity index (χ1v) is 19.6. The van der Waals surface area contributed by atoms with Gasteiger partial charge >= 0.3 is 0 Å². The van der Waals surface area contributed by atoms with Crippen molar-refractivity contribution in [1.82, 2.24) is 10.6 Å². The second kappa shape index (κ2) is 15.0. The number of aliphatic hydroxyl groups is 2. The normalized spacial score (nSPS) is 34.3. The van der Waals surface area contributed by atoms with Crippen molar-refractivity contribution in [1.29, 1.82) is 0 Å². The highest BCUT2D eigenvalue weighted by atomic mass is 16.3. The molecule has 0 spiro atoms. The Labute approximate surface area is 286 Å². The highest BCUT2D eigenvalue weighted by Crippen LogP contribution is 2.55. The smallest absolute Gasteiger partial charge is 0.0699 e. The van der Waals surface area contributed by atoms with E-state index in [1.807, 2.05) is 0 Å². The lowest BCUT2D eigenvalue weighted by atomic mass is 9.49. The molecular weight excluding hydrogens is 576 g/mol. The molecular formula is C43H66N2O2. The molecule has 0 bridgehead atoms. The maximum absolute atomic E-state index is 11.4. The summed E-state index contributed by atoms with van der Waals surface area (Å²) >= 11 is 0. The molecule has 0 radical (unpaired) electrons. The van der Waals surface area contributed by atoms with Gasteiger partial charge in [-0.25, -0.2) is 0 Å². The third kappa shape index (κ3) is 7.28. The summed E-state index contributed by atoms with van der Waals surface area (Å²) in [6.07, 6.45) is 7.85. The van der Waals surface area contributed by atoms with Crippen LogP contribution in [-0.2, 0) is 12.8 Å². The number of hydrogen-bond donors (Lipinski definition) is 4. The molecule has 1 saturated carbocycles. The van der Waals surface area contributed by atoms with Crippen molar-refractivity contribution in [3.8, 4) is 11.1 Å². The van der Waals surface area contributed by atoms with Crippen LogP contribution in [0.25, 0.3) is 11.1 Å². The zero-order chi connectivity index (χ0) is 33.4. The third-order valence-electron chi connectivity index (χ3n) is 13.7. The zero-order valence-electron chi connectivity index (χ0n) is 30.6. The Hall–Kier alpha value is -1.72. The van der Waals surface area contributed by atoms with E-state index in [4.69, 9.17) is 0 Å². The average molecular weight is 643 g/mol. The molecule has 2 aromatic rings. The molecule has 260 valence electrons. The Morgan fingerprint density at radius 2 is 1.34 bits per heavy atom. The molecule has 4 nitrogen and oxygen atoms in total. The number of hydrogen-bond acceptors (Lipinski definition) is 4. The highest BCUT2D eigenvalue weighted by Gasteiger charge is 2.50. The van der Waals surface area contributed by atoms with Gasteiger partial charge in [-0.05, 0) is 151 Å². The Bertz CT molecular complexity index is 1310. The molecule has 4 aliphatic rings. The molecule has 2 aromatic carbocycles. The second-order valence-corrected chi connectivity index (χ2v) is 17.3. The first-order valence-electron chi connectivity index (χ1n) is 19.6. The minimum Gasteiger partial charge on any atom is -0.391 e. The predicted octanol–water partition coefficient (Wildman–Crippen LogP) is 8.24. The van der Waals surface area contributed by atoms with Crippen LogP contribution < -0.4 is 10.6 Å². The standard InChI is InChI=1S/C43H66N2O2/c1-25(2)41-28(6)35(24-40(47)38-15-11-19-45-38)29(7)43(42(41)26(3)4)27(5)20-30-16-17-34-32(23-39(46)37-14-10-18-44-37)22-31-12-8-9-13-33(31)36(34)21-30/h8-9,12-13,16-17,21,25-29,32,35,37-47H,10-11,14-15,18-20,22-24H2,1-7H3/t27?,28?,29?,32?,35?,37-,38-,39+,40+,41?,42?,43?/m0/s1. The van der Waals surface area contributed by atoms with Crippen LogP contribution in [0.2, 0.25) is 0 Å². The molecule has 2 saturated heterocycles. The van der Waals surface area contributed by atoms with E-state index < -0.39 is 0 Å². The Morgan fingerprint density at radius 1 is 0.723 bits per heavy atom. The van der Waals surface area contributed by atoms with Gasteiger partial charge in [-0.15, -0.1) is 0 Å². The lowest BCUT2D eigenvalue weighted by Gasteiger charge is -2.56. The van der Waals surface area contributed by atoms with Crippen LogP contribution in [0.3, 0.4) is 0 Å². The number of rotatable bonds is 11. The molecule has 2 aliphatic carbocycles. The topological polar surface area (TPSA) is 64.5 Å². The molecule has 8 unspecified atom stereocenters. The summed E-state index contributed by atoms with van der Waals surface area (Å²) in [6.45, 7) is 19.5. The lowest BCUT2D eigenvalue weighted by molar-refractivity contribution is -0.0834. The first-order chi connectivity index (χ1) is 22.5. The van der Waals surface area contributed by atoms with Gasteiger partial charge in [0.05, 0.1) is 12.2 Å². The van der Waals surface area contributed by atoms with E-state index in [-0.39, 0.29) is 24.3 Å². The van der Waals surface area contributed by atoms with E-state index in [0.717, 1.165) is 51.6 Å². The van der Waals surface area contributed by atoms with Crippen LogP contribution >= 0.6 is 0 Å². The SMILES string of the molecule is CC(C)C1C(C)C(C[C@@H](O)[C@@H]2CCCN2)C(C)C(C(C)Cc2ccc3c(c2)-c2ccccc2CC3C[C@@H](O)[C@@H]2CCCN2)C1C(C)C. The average Bonchev–Trinajstić information content (AvgIpc) is 3.78. The van der Waals surface area contributed by atoms with E-state index in [1.54, 1.807) is 0 Å². The molecule has 0 amide bonds. The minimum absolute atomic E-state index is 0.235. The Morgan fingerprint density at radius 3 is 1.96 bits per heavy atom. The van der Waals surface area contributed by atoms with Gasteiger partial charge in [0.25, 0.3) is 0 Å². The van der Waals surface area contributed by atoms with E-state index in [9.17, 15) is 10.2 Å². The van der Waals surface area contributed by atoms with Gasteiger partial charge in [0.2, 0.25) is 0 Å². The van der Waals surface area contributed by atoms with Crippen LogP contribution in [0.15, 0.2) is 42.5 Å². The van der Waals surface area contributed by atoms with Crippen molar-refractivity contribution >= 4 is 0 Å². The third-order valence-corrected chi connectivity index (χ3v) is 13.7. The van der Waals surface area contributed by atoms with Crippen LogP contribution in [0.5, 0.6) is 0 Å². The Balaban J connectivity index is 1.27. The zero-order valence-corrected chi connectivity index (χ0v) is 30.6. The van der Waals surface area contributed by atoms with Crippen LogP contribution in [0, 0.1) is 53.3 Å². The number of fused-ring (bicyclic) bond motifs is 3. The summed E-state index contributed by atoms with van der Waals surface area (Å²) in [7, 11) is 0. The number of nitrogens with one attached hydrogen (secondary N) is 2. The number of aliphatic hydroxyl groups excluding tert-OH is 2. The van der Waals surface area contributed by atoms with Crippen LogP contribution in [0.1, 0.15) is 110 Å². The Kier molecular flexibility index (Phi) is 11.2. The van der Waals surface area contributed by atoms with Gasteiger partial charge in [-0.3, -0.25) is 0 Å². The summed E-state index contributed by atoms with van der Waals surface area (Å²) in [6, 6.07) is 16.9. The largest absolute Gasteiger partial charge is 0.391 e. The monoisotopic (exact) mass is 643 g/mol. The molecule has 3 fully saturated rings. The van der Waals surface area contributed by atoms with Crippen LogP contribution in [-0.4, -0.2) is 47.6 Å². The van der Waals surface area contributed by atoms with E-state index >= 15 is 0 Å². The quantitative estimate of drug-likeness (QED) is 0.199. The summed E-state index contributed by atoms with van der Waals surface area (Å²) in [4.78, 5) is 0. The van der Waals surface area contributed by atoms with Crippen molar-refractivity contribution in [2.24, 2.45) is 53.3 Å². The molecule has 0 aromatic heterocycles. The summed E-state index contributed by atoms with van der Waals surface area (Å²) in [5.74, 6) is 5.88. The van der Waals surface area contributed by atoms with Crippen molar-refractivity contribution < 1.29 is 10.2 Å². The van der Waals surface area contributed by atoms with Crippen LogP contribution in [0.4, 0.5) is 0 Å². The summed E-state index contributed by atoms with van der Waals surface area (Å²) in [5, 5.41) is 29.8. The maximum Gasteiger partial charge on any atom is 0.0699 e. The van der Waals surface area contributed by atoms with Gasteiger partial charge in [0.15, 0.2) is 0 Å². The fourth-order valence-corrected chi connectivity index (χ4v) is 11.6. The molecule has 2 heterocycles. The molecule has 4 heteroatoms. The number of benzene rings is 2. The molecule has 6 rings (SSSR count). The van der Waals surface area contributed by atoms with Gasteiger partial charge in [-0.1, -0.05) is 90.9 Å². The predicted molar refractivity (Wildman–Crippen MR) is 196 cm³/mol. The summed E-state index contributed by atoms with van der Waals surface area (Å²) in [5.41, 5.74) is 7.08. The van der Waals surface area contributed by atoms with Gasteiger partial charge in [-0.2, -0.15) is 0 Å². The van der Waals surface area contributed by atoms with Crippen molar-refractivity contribution in [2.45, 2.75) is 130 Å². The fourth-order valence-electron chi connectivity index (χ4n) is 11.6. The van der Waals surface area contributed by atoms with E-state index in [2.05, 4.69) is 102 Å². The van der Waals surface area contributed by atoms with Crippen molar-refractivity contribution in [3.05, 3.63) is 59.2 Å².